The first kappa shape index (κ1) is 19.9. The van der Waals surface area contributed by atoms with Crippen LogP contribution in [0.3, 0.4) is 0 Å². The average molecular weight is 416 g/mol. The SMILES string of the molecule is Cc1ccc(-n2c(S[C@H](C)C(=O)NC(N)=O)nnc2-c2ccc(Cl)cc2)cc1. The molecule has 7 nitrogen and oxygen atoms in total. The number of thioether (sulfide) groups is 1. The number of carbonyl (C=O) groups is 2. The summed E-state index contributed by atoms with van der Waals surface area (Å²) in [4.78, 5) is 23.0. The number of halogens is 1. The molecule has 28 heavy (non-hydrogen) atoms. The van der Waals surface area contributed by atoms with Crippen molar-refractivity contribution in [1.82, 2.24) is 20.1 Å². The van der Waals surface area contributed by atoms with Crippen LogP contribution >= 0.6 is 23.4 Å². The molecule has 1 aromatic heterocycles. The molecule has 2 aromatic carbocycles. The van der Waals surface area contributed by atoms with Crippen LogP contribution in [0.2, 0.25) is 5.02 Å². The minimum absolute atomic E-state index is 0.496. The van der Waals surface area contributed by atoms with Crippen LogP contribution < -0.4 is 11.1 Å². The molecule has 0 radical (unpaired) electrons. The van der Waals surface area contributed by atoms with Gasteiger partial charge in [-0.2, -0.15) is 0 Å². The number of aryl methyl sites for hydroxylation is 1. The van der Waals surface area contributed by atoms with Crippen molar-refractivity contribution in [3.63, 3.8) is 0 Å². The number of amides is 3. The van der Waals surface area contributed by atoms with Crippen LogP contribution in [0.25, 0.3) is 17.1 Å². The van der Waals surface area contributed by atoms with Crippen LogP contribution in [0, 0.1) is 6.92 Å². The molecule has 0 saturated heterocycles. The number of benzene rings is 2. The predicted molar refractivity (Wildman–Crippen MR) is 110 cm³/mol. The first-order chi connectivity index (χ1) is 13.3. The van der Waals surface area contributed by atoms with Crippen molar-refractivity contribution in [2.24, 2.45) is 5.73 Å². The van der Waals surface area contributed by atoms with E-state index in [0.29, 0.717) is 16.0 Å². The van der Waals surface area contributed by atoms with Crippen molar-refractivity contribution in [2.45, 2.75) is 24.3 Å². The Morgan fingerprint density at radius 3 is 2.36 bits per heavy atom. The summed E-state index contributed by atoms with van der Waals surface area (Å²) in [5.74, 6) is 0.120. The summed E-state index contributed by atoms with van der Waals surface area (Å²) in [7, 11) is 0. The number of aromatic nitrogens is 3. The van der Waals surface area contributed by atoms with E-state index in [1.54, 1.807) is 19.1 Å². The van der Waals surface area contributed by atoms with Gasteiger partial charge in [0.2, 0.25) is 5.91 Å². The second-order valence-corrected chi connectivity index (χ2v) is 7.84. The molecule has 9 heteroatoms. The standard InChI is InChI=1S/C19H18ClN5O2S/c1-11-3-9-15(10-4-11)25-16(13-5-7-14(20)8-6-13)23-24-19(25)28-12(2)17(26)22-18(21)27/h3-10,12H,1-2H3,(H3,21,22,26,27)/t12-/m1/s1. The number of hydrogen-bond donors (Lipinski definition) is 2. The molecule has 0 aliphatic rings. The molecule has 3 N–H and O–H groups in total. The molecule has 3 rings (SSSR count). The molecule has 1 heterocycles. The molecule has 0 fully saturated rings. The van der Waals surface area contributed by atoms with E-state index in [4.69, 9.17) is 17.3 Å². The molecule has 1 atom stereocenters. The van der Waals surface area contributed by atoms with Gasteiger partial charge in [-0.05, 0) is 50.2 Å². The second-order valence-electron chi connectivity index (χ2n) is 6.10. The zero-order valence-corrected chi connectivity index (χ0v) is 16.8. The van der Waals surface area contributed by atoms with Gasteiger partial charge in [0.1, 0.15) is 0 Å². The highest BCUT2D eigenvalue weighted by Crippen LogP contribution is 2.30. The van der Waals surface area contributed by atoms with Gasteiger partial charge in [0.05, 0.1) is 5.25 Å². The van der Waals surface area contributed by atoms with E-state index in [9.17, 15) is 9.59 Å². The predicted octanol–water partition coefficient (Wildman–Crippen LogP) is 3.57. The Bertz CT molecular complexity index is 1000. The molecule has 3 aromatic rings. The highest BCUT2D eigenvalue weighted by Gasteiger charge is 2.22. The highest BCUT2D eigenvalue weighted by atomic mass is 35.5. The minimum atomic E-state index is -0.890. The van der Waals surface area contributed by atoms with Crippen LogP contribution in [0.15, 0.2) is 53.7 Å². The third-order valence-electron chi connectivity index (χ3n) is 3.93. The Balaban J connectivity index is 2.02. The lowest BCUT2D eigenvalue weighted by atomic mass is 10.2. The fraction of sp³-hybridized carbons (Fsp3) is 0.158. The van der Waals surface area contributed by atoms with Crippen molar-refractivity contribution < 1.29 is 9.59 Å². The van der Waals surface area contributed by atoms with E-state index in [1.165, 1.54) is 11.8 Å². The molecule has 0 unspecified atom stereocenters. The lowest BCUT2D eigenvalue weighted by Crippen LogP contribution is -2.39. The minimum Gasteiger partial charge on any atom is -0.351 e. The summed E-state index contributed by atoms with van der Waals surface area (Å²) in [5, 5.41) is 11.2. The lowest BCUT2D eigenvalue weighted by molar-refractivity contribution is -0.119. The Morgan fingerprint density at radius 1 is 1.11 bits per heavy atom. The number of urea groups is 1. The van der Waals surface area contributed by atoms with Crippen molar-refractivity contribution >= 4 is 35.3 Å². The monoisotopic (exact) mass is 415 g/mol. The first-order valence-electron chi connectivity index (χ1n) is 8.40. The maximum absolute atomic E-state index is 12.1. The van der Waals surface area contributed by atoms with Gasteiger partial charge in [-0.1, -0.05) is 41.1 Å². The van der Waals surface area contributed by atoms with E-state index in [-0.39, 0.29) is 0 Å². The number of hydrogen-bond acceptors (Lipinski definition) is 5. The Labute approximate surface area is 171 Å². The van der Waals surface area contributed by atoms with Gasteiger partial charge in [0.15, 0.2) is 11.0 Å². The van der Waals surface area contributed by atoms with Gasteiger partial charge in [0, 0.05) is 16.3 Å². The number of nitrogens with two attached hydrogens (primary N) is 1. The number of primary amides is 1. The van der Waals surface area contributed by atoms with E-state index in [0.717, 1.165) is 16.8 Å². The van der Waals surface area contributed by atoms with Crippen molar-refractivity contribution in [1.29, 1.82) is 0 Å². The number of rotatable bonds is 5. The van der Waals surface area contributed by atoms with Gasteiger partial charge in [0.25, 0.3) is 0 Å². The zero-order valence-electron chi connectivity index (χ0n) is 15.2. The van der Waals surface area contributed by atoms with Crippen molar-refractivity contribution in [3.05, 3.63) is 59.1 Å². The maximum atomic E-state index is 12.1. The van der Waals surface area contributed by atoms with Crippen LogP contribution in [0.4, 0.5) is 4.79 Å². The summed E-state index contributed by atoms with van der Waals surface area (Å²) in [6.07, 6.45) is 0. The van der Waals surface area contributed by atoms with E-state index in [1.807, 2.05) is 47.9 Å². The highest BCUT2D eigenvalue weighted by molar-refractivity contribution is 8.00. The quantitative estimate of drug-likeness (QED) is 0.620. The third-order valence-corrected chi connectivity index (χ3v) is 5.22. The molecule has 144 valence electrons. The van der Waals surface area contributed by atoms with Gasteiger partial charge in [-0.3, -0.25) is 14.7 Å². The fourth-order valence-corrected chi connectivity index (χ4v) is 3.49. The van der Waals surface area contributed by atoms with Gasteiger partial charge in [-0.25, -0.2) is 4.79 Å². The molecular weight excluding hydrogens is 398 g/mol. The molecule has 0 aliphatic carbocycles. The largest absolute Gasteiger partial charge is 0.351 e. The Hall–Kier alpha value is -2.84. The maximum Gasteiger partial charge on any atom is 0.318 e. The normalized spacial score (nSPS) is 11.8. The van der Waals surface area contributed by atoms with Gasteiger partial charge < -0.3 is 5.73 Å². The summed E-state index contributed by atoms with van der Waals surface area (Å²) < 4.78 is 1.86. The summed E-state index contributed by atoms with van der Waals surface area (Å²) >= 11 is 7.18. The van der Waals surface area contributed by atoms with E-state index < -0.39 is 17.2 Å². The zero-order chi connectivity index (χ0) is 20.3. The van der Waals surface area contributed by atoms with Crippen molar-refractivity contribution in [2.75, 3.05) is 0 Å². The van der Waals surface area contributed by atoms with Gasteiger partial charge >= 0.3 is 6.03 Å². The van der Waals surface area contributed by atoms with Crippen molar-refractivity contribution in [3.8, 4) is 17.1 Å². The van der Waals surface area contributed by atoms with Crippen LogP contribution in [0.1, 0.15) is 12.5 Å². The Kier molecular flexibility index (Phi) is 6.01. The molecule has 0 bridgehead atoms. The molecular formula is C19H18ClN5O2S. The molecule has 3 amide bonds. The van der Waals surface area contributed by atoms with Crippen LogP contribution in [-0.4, -0.2) is 32.0 Å². The van der Waals surface area contributed by atoms with E-state index >= 15 is 0 Å². The molecule has 0 saturated carbocycles. The summed E-state index contributed by atoms with van der Waals surface area (Å²) in [6.45, 7) is 3.67. The van der Waals surface area contributed by atoms with Gasteiger partial charge in [-0.15, -0.1) is 10.2 Å². The first-order valence-corrected chi connectivity index (χ1v) is 9.66. The number of imide groups is 1. The smallest absolute Gasteiger partial charge is 0.318 e. The fourth-order valence-electron chi connectivity index (χ4n) is 2.49. The second kappa shape index (κ2) is 8.45. The number of carbonyl (C=O) groups excluding carboxylic acids is 2. The Morgan fingerprint density at radius 2 is 1.75 bits per heavy atom. The topological polar surface area (TPSA) is 103 Å². The lowest BCUT2D eigenvalue weighted by Gasteiger charge is -2.13. The third kappa shape index (κ3) is 4.52. The molecule has 0 aliphatic heterocycles. The molecule has 0 spiro atoms. The summed E-state index contributed by atoms with van der Waals surface area (Å²) in [6, 6.07) is 14.3. The van der Waals surface area contributed by atoms with Crippen LogP contribution in [-0.2, 0) is 4.79 Å². The summed E-state index contributed by atoms with van der Waals surface area (Å²) in [5.41, 5.74) is 7.83. The van der Waals surface area contributed by atoms with E-state index in [2.05, 4.69) is 15.5 Å². The average Bonchev–Trinajstić information content (AvgIpc) is 3.06. The number of nitrogens with zero attached hydrogens (tertiary/aromatic N) is 3. The van der Waals surface area contributed by atoms with Crippen LogP contribution in [0.5, 0.6) is 0 Å². The number of nitrogens with one attached hydrogen (secondary N) is 1.